The van der Waals surface area contributed by atoms with Crippen molar-refractivity contribution in [2.75, 3.05) is 26.3 Å². The number of nitrogens with zero attached hydrogens (tertiary/aromatic N) is 1. The van der Waals surface area contributed by atoms with E-state index in [1.165, 1.54) is 0 Å². The first-order valence-corrected chi connectivity index (χ1v) is 5.43. The van der Waals surface area contributed by atoms with Crippen LogP contribution in [0.4, 0.5) is 0 Å². The molecule has 0 saturated carbocycles. The molecule has 1 aliphatic heterocycles. The van der Waals surface area contributed by atoms with Gasteiger partial charge in [-0.05, 0) is 0 Å². The average Bonchev–Trinajstić information content (AvgIpc) is 2.71. The van der Waals surface area contributed by atoms with Crippen LogP contribution in [0, 0.1) is 5.38 Å². The summed E-state index contributed by atoms with van der Waals surface area (Å²) in [6, 6.07) is 3.93. The molecular formula is C9H10LiNOS2. The van der Waals surface area contributed by atoms with Crippen molar-refractivity contribution in [1.82, 2.24) is 4.90 Å². The second-order valence-electron chi connectivity index (χ2n) is 2.82. The molecule has 14 heavy (non-hydrogen) atoms. The maximum atomic E-state index is 5.35. The third-order valence-corrected chi connectivity index (χ3v) is 3.39. The molecule has 0 amide bonds. The molecule has 0 spiro atoms. The van der Waals surface area contributed by atoms with Gasteiger partial charge < -0.3 is 9.64 Å². The van der Waals surface area contributed by atoms with Gasteiger partial charge in [-0.25, -0.2) is 0 Å². The average molecular weight is 219 g/mol. The monoisotopic (exact) mass is 219 g/mol. The normalized spacial score (nSPS) is 16.1. The molecular weight excluding hydrogens is 209 g/mol. The predicted octanol–water partition coefficient (Wildman–Crippen LogP) is -1.44. The summed E-state index contributed by atoms with van der Waals surface area (Å²) >= 11 is 6.93. The minimum atomic E-state index is 0. The summed E-state index contributed by atoms with van der Waals surface area (Å²) < 4.78 is 5.26. The minimum Gasteiger partial charge on any atom is -0.378 e. The van der Waals surface area contributed by atoms with Crippen molar-refractivity contribution in [1.29, 1.82) is 0 Å². The molecule has 0 radical (unpaired) electrons. The van der Waals surface area contributed by atoms with Crippen LogP contribution in [-0.4, -0.2) is 36.2 Å². The maximum Gasteiger partial charge on any atom is 1.00 e. The van der Waals surface area contributed by atoms with E-state index in [9.17, 15) is 0 Å². The molecule has 0 atom stereocenters. The zero-order valence-electron chi connectivity index (χ0n) is 8.16. The van der Waals surface area contributed by atoms with E-state index in [1.54, 1.807) is 11.3 Å². The number of morpholine rings is 1. The second kappa shape index (κ2) is 5.89. The Morgan fingerprint density at radius 1 is 1.50 bits per heavy atom. The van der Waals surface area contributed by atoms with E-state index in [0.29, 0.717) is 0 Å². The van der Waals surface area contributed by atoms with Gasteiger partial charge in [-0.15, -0.1) is 5.38 Å². The van der Waals surface area contributed by atoms with E-state index >= 15 is 0 Å². The van der Waals surface area contributed by atoms with Gasteiger partial charge in [0.2, 0.25) is 0 Å². The molecule has 1 saturated heterocycles. The van der Waals surface area contributed by atoms with Crippen LogP contribution in [0.15, 0.2) is 12.1 Å². The summed E-state index contributed by atoms with van der Waals surface area (Å²) in [5.74, 6) is 0. The largest absolute Gasteiger partial charge is 1.00 e. The Balaban J connectivity index is 0.000000980. The molecule has 0 aromatic carbocycles. The molecule has 2 nitrogen and oxygen atoms in total. The van der Waals surface area contributed by atoms with Gasteiger partial charge >= 0.3 is 18.9 Å². The van der Waals surface area contributed by atoms with Crippen LogP contribution < -0.4 is 18.9 Å². The first-order valence-electron chi connectivity index (χ1n) is 4.21. The van der Waals surface area contributed by atoms with Crippen LogP contribution in [0.2, 0.25) is 0 Å². The SMILES string of the molecule is S=C(c1cc[c-]s1)N1CCOCC1.[Li+]. The fraction of sp³-hybridized carbons (Fsp3) is 0.444. The summed E-state index contributed by atoms with van der Waals surface area (Å²) in [5, 5.41) is 3.05. The maximum absolute atomic E-state index is 5.35. The number of ether oxygens (including phenoxy) is 1. The van der Waals surface area contributed by atoms with Crippen LogP contribution in [0.5, 0.6) is 0 Å². The zero-order chi connectivity index (χ0) is 9.10. The van der Waals surface area contributed by atoms with E-state index in [1.807, 2.05) is 12.1 Å². The fourth-order valence-corrected chi connectivity index (χ4v) is 2.27. The van der Waals surface area contributed by atoms with Crippen LogP contribution in [0.3, 0.4) is 0 Å². The number of thiocarbonyl (C=S) groups is 1. The van der Waals surface area contributed by atoms with E-state index in [2.05, 4.69) is 10.3 Å². The van der Waals surface area contributed by atoms with Crippen molar-refractivity contribution >= 4 is 28.5 Å². The molecule has 2 heterocycles. The summed E-state index contributed by atoms with van der Waals surface area (Å²) in [6.45, 7) is 3.40. The Hall–Kier alpha value is 0.147. The van der Waals surface area contributed by atoms with E-state index in [-0.39, 0.29) is 18.9 Å². The molecule has 2 rings (SSSR count). The predicted molar refractivity (Wildman–Crippen MR) is 57.2 cm³/mol. The smallest absolute Gasteiger partial charge is 0.378 e. The van der Waals surface area contributed by atoms with E-state index in [0.717, 1.165) is 36.2 Å². The van der Waals surface area contributed by atoms with Gasteiger partial charge in [-0.2, -0.15) is 12.1 Å². The van der Waals surface area contributed by atoms with Crippen LogP contribution in [0.25, 0.3) is 0 Å². The van der Waals surface area contributed by atoms with Crippen LogP contribution in [0.1, 0.15) is 4.88 Å². The summed E-state index contributed by atoms with van der Waals surface area (Å²) in [4.78, 5) is 4.27. The summed E-state index contributed by atoms with van der Waals surface area (Å²) in [5.41, 5.74) is 0. The van der Waals surface area contributed by atoms with Crippen molar-refractivity contribution in [2.45, 2.75) is 0 Å². The fourth-order valence-electron chi connectivity index (χ4n) is 1.28. The van der Waals surface area contributed by atoms with Crippen molar-refractivity contribution < 1.29 is 23.6 Å². The van der Waals surface area contributed by atoms with Crippen molar-refractivity contribution in [3.63, 3.8) is 0 Å². The van der Waals surface area contributed by atoms with Crippen molar-refractivity contribution in [3.8, 4) is 0 Å². The van der Waals surface area contributed by atoms with E-state index in [4.69, 9.17) is 17.0 Å². The molecule has 0 aliphatic carbocycles. The third kappa shape index (κ3) is 2.82. The Morgan fingerprint density at radius 3 is 2.79 bits per heavy atom. The molecule has 0 N–H and O–H groups in total. The van der Waals surface area contributed by atoms with Gasteiger partial charge in [0, 0.05) is 13.1 Å². The molecule has 0 bridgehead atoms. The van der Waals surface area contributed by atoms with E-state index < -0.39 is 0 Å². The topological polar surface area (TPSA) is 12.5 Å². The van der Waals surface area contributed by atoms with Gasteiger partial charge in [-0.3, -0.25) is 11.3 Å². The molecule has 1 fully saturated rings. The van der Waals surface area contributed by atoms with Gasteiger partial charge in [0.05, 0.1) is 18.2 Å². The van der Waals surface area contributed by atoms with Crippen LogP contribution >= 0.6 is 23.6 Å². The standard InChI is InChI=1S/C9H10NOS2.Li/c12-9(8-2-1-7-13-8)10-3-5-11-6-4-10;/h1-2H,3-6H2;/q-1;+1. The molecule has 1 aliphatic rings. The van der Waals surface area contributed by atoms with Gasteiger partial charge in [0.25, 0.3) is 0 Å². The molecule has 1 aromatic rings. The number of rotatable bonds is 1. The Morgan fingerprint density at radius 2 is 2.21 bits per heavy atom. The van der Waals surface area contributed by atoms with Gasteiger partial charge in [-0.1, -0.05) is 17.1 Å². The second-order valence-corrected chi connectivity index (χ2v) is 4.09. The molecule has 70 valence electrons. The number of hydrogen-bond acceptors (Lipinski definition) is 3. The first-order chi connectivity index (χ1) is 6.38. The van der Waals surface area contributed by atoms with Crippen LogP contribution in [-0.2, 0) is 4.74 Å². The molecule has 5 heteroatoms. The Bertz CT molecular complexity index is 283. The first kappa shape index (κ1) is 12.2. The van der Waals surface area contributed by atoms with Crippen molar-refractivity contribution in [2.24, 2.45) is 0 Å². The molecule has 1 aromatic heterocycles. The minimum absolute atomic E-state index is 0. The zero-order valence-corrected chi connectivity index (χ0v) is 9.79. The number of hydrogen-bond donors (Lipinski definition) is 0. The van der Waals surface area contributed by atoms with Gasteiger partial charge in [0.1, 0.15) is 0 Å². The third-order valence-electron chi connectivity index (χ3n) is 1.98. The molecule has 0 unspecified atom stereocenters. The Kier molecular flexibility index (Phi) is 5.14. The summed E-state index contributed by atoms with van der Waals surface area (Å²) in [6.07, 6.45) is 0. The summed E-state index contributed by atoms with van der Waals surface area (Å²) in [7, 11) is 0. The van der Waals surface area contributed by atoms with Crippen molar-refractivity contribution in [3.05, 3.63) is 22.4 Å². The number of thiophene rings is 1. The quantitative estimate of drug-likeness (QED) is 0.326. The Labute approximate surface area is 105 Å². The van der Waals surface area contributed by atoms with Gasteiger partial charge in [0.15, 0.2) is 0 Å².